The molecule has 0 saturated carbocycles. The third-order valence-electron chi connectivity index (χ3n) is 5.23. The molecule has 194 valence electrons. The summed E-state index contributed by atoms with van der Waals surface area (Å²) in [5.74, 6) is -0.0829. The largest absolute Gasteiger partial charge is 0.391 e. The van der Waals surface area contributed by atoms with Crippen molar-refractivity contribution in [2.75, 3.05) is 19.6 Å². The average molecular weight is 491 g/mol. The molecule has 0 spiro atoms. The molecule has 1 heterocycles. The minimum absolute atomic E-state index is 0.105. The van der Waals surface area contributed by atoms with Crippen LogP contribution in [0.15, 0.2) is 101 Å². The first kappa shape index (κ1) is 30.7. The molecule has 0 bridgehead atoms. The predicted molar refractivity (Wildman–Crippen MR) is 153 cm³/mol. The first-order valence-corrected chi connectivity index (χ1v) is 12.6. The molecule has 6 nitrogen and oxygen atoms in total. The Morgan fingerprint density at radius 3 is 2.86 bits per heavy atom. The van der Waals surface area contributed by atoms with Crippen LogP contribution in [-0.2, 0) is 4.79 Å². The van der Waals surface area contributed by atoms with Crippen molar-refractivity contribution in [3.8, 4) is 0 Å². The van der Waals surface area contributed by atoms with Crippen molar-refractivity contribution in [1.29, 1.82) is 5.41 Å². The number of aliphatic hydroxyl groups is 1. The fraction of sp³-hybridized carbons (Fsp3) is 0.367. The molecule has 1 amide bonds. The number of hydrogen-bond donors (Lipinski definition) is 4. The maximum Gasteiger partial charge on any atom is 0.216 e. The Morgan fingerprint density at radius 1 is 1.31 bits per heavy atom. The minimum atomic E-state index is -0.748. The molecular weight excluding hydrogens is 448 g/mol. The average Bonchev–Trinajstić information content (AvgIpc) is 3.27. The maximum atomic E-state index is 10.9. The molecule has 2 aliphatic rings. The topological polar surface area (TPSA) is 97.6 Å². The Morgan fingerprint density at radius 2 is 2.11 bits per heavy atom. The molecule has 2 atom stereocenters. The summed E-state index contributed by atoms with van der Waals surface area (Å²) in [7, 11) is 0. The van der Waals surface area contributed by atoms with Gasteiger partial charge in [-0.1, -0.05) is 86.8 Å². The van der Waals surface area contributed by atoms with Gasteiger partial charge in [0.25, 0.3) is 0 Å². The van der Waals surface area contributed by atoms with Crippen LogP contribution < -0.4 is 10.6 Å². The fourth-order valence-electron chi connectivity index (χ4n) is 3.47. The van der Waals surface area contributed by atoms with E-state index in [2.05, 4.69) is 64.7 Å². The summed E-state index contributed by atoms with van der Waals surface area (Å²) in [5, 5.41) is 24.1. The molecule has 0 radical (unpaired) electrons. The van der Waals surface area contributed by atoms with Crippen LogP contribution in [0.25, 0.3) is 0 Å². The molecule has 6 heteroatoms. The number of allylic oxidation sites excluding steroid dienone is 11. The molecule has 1 aliphatic heterocycles. The van der Waals surface area contributed by atoms with Crippen LogP contribution in [0.4, 0.5) is 0 Å². The monoisotopic (exact) mass is 490 g/mol. The third kappa shape index (κ3) is 13.5. The van der Waals surface area contributed by atoms with E-state index in [-0.39, 0.29) is 24.8 Å². The van der Waals surface area contributed by atoms with Gasteiger partial charge < -0.3 is 21.1 Å². The zero-order valence-corrected chi connectivity index (χ0v) is 21.9. The summed E-state index contributed by atoms with van der Waals surface area (Å²) in [6.07, 6.45) is 26.9. The standard InChI is InChI=1S/C28H36N4O2.C2H6/c1-3-7-25(11-5-12-27(29)18-28(34)21-32-22(2)33)26-10-4-8-23(13-14-26)19-31-20-24-9-6-16-30-17-15-24;1-2/h3-8,10-11,13-17,26,28-29,31,34H,1,9,12,18-21H2,2H3,(H,32,33);1-2H3/b11-5-,25-7+,29-27?;. The van der Waals surface area contributed by atoms with Gasteiger partial charge in [0.05, 0.1) is 6.10 Å². The highest BCUT2D eigenvalue weighted by Gasteiger charge is 2.09. The van der Waals surface area contributed by atoms with Crippen LogP contribution >= 0.6 is 0 Å². The molecule has 0 aromatic rings. The number of nitrogens with zero attached hydrogens (tertiary/aromatic N) is 1. The van der Waals surface area contributed by atoms with Crippen LogP contribution in [0.1, 0.15) is 40.0 Å². The van der Waals surface area contributed by atoms with Crippen LogP contribution in [0.3, 0.4) is 0 Å². The highest BCUT2D eigenvalue weighted by molar-refractivity contribution is 5.83. The molecule has 0 fully saturated rings. The van der Waals surface area contributed by atoms with Crippen molar-refractivity contribution in [2.45, 2.75) is 46.1 Å². The van der Waals surface area contributed by atoms with E-state index in [1.807, 2.05) is 44.5 Å². The summed E-state index contributed by atoms with van der Waals surface area (Å²) < 4.78 is 0. The van der Waals surface area contributed by atoms with Crippen molar-refractivity contribution in [3.63, 3.8) is 0 Å². The number of aliphatic imine (C=N–C) groups is 1. The van der Waals surface area contributed by atoms with E-state index in [1.54, 1.807) is 6.08 Å². The lowest BCUT2D eigenvalue weighted by molar-refractivity contribution is -0.119. The van der Waals surface area contributed by atoms with E-state index in [0.717, 1.165) is 25.1 Å². The molecule has 1 aliphatic carbocycles. The lowest BCUT2D eigenvalue weighted by Gasteiger charge is -2.11. The fourth-order valence-corrected chi connectivity index (χ4v) is 3.47. The van der Waals surface area contributed by atoms with Gasteiger partial charge in [0, 0.05) is 63.4 Å². The van der Waals surface area contributed by atoms with E-state index in [0.29, 0.717) is 12.1 Å². The van der Waals surface area contributed by atoms with Gasteiger partial charge in [-0.3, -0.25) is 9.79 Å². The van der Waals surface area contributed by atoms with Gasteiger partial charge in [-0.2, -0.15) is 0 Å². The van der Waals surface area contributed by atoms with Crippen LogP contribution in [0.2, 0.25) is 0 Å². The SMILES string of the molecule is C=C/C=C(\C=C/CC(=N)CC(O)CNC(C)=O)C1C=CC=C(CNCC2=CC=NC=CC2)C=C1.CC. The van der Waals surface area contributed by atoms with Gasteiger partial charge in [-0.25, -0.2) is 0 Å². The van der Waals surface area contributed by atoms with Crippen molar-refractivity contribution in [2.24, 2.45) is 10.9 Å². The Kier molecular flexibility index (Phi) is 16.1. The Balaban J connectivity index is 0.00000316. The number of rotatable bonds is 13. The molecule has 2 rings (SSSR count). The zero-order chi connectivity index (χ0) is 26.6. The summed E-state index contributed by atoms with van der Waals surface area (Å²) in [4.78, 5) is 15.1. The Hall–Kier alpha value is -3.35. The third-order valence-corrected chi connectivity index (χ3v) is 5.23. The van der Waals surface area contributed by atoms with Gasteiger partial charge in [0.1, 0.15) is 0 Å². The van der Waals surface area contributed by atoms with Gasteiger partial charge in [-0.15, -0.1) is 0 Å². The number of aliphatic hydroxyl groups excluding tert-OH is 1. The van der Waals surface area contributed by atoms with Crippen molar-refractivity contribution in [1.82, 2.24) is 10.6 Å². The van der Waals surface area contributed by atoms with Crippen molar-refractivity contribution < 1.29 is 9.90 Å². The second-order valence-corrected chi connectivity index (χ2v) is 8.23. The first-order chi connectivity index (χ1) is 17.5. The van der Waals surface area contributed by atoms with E-state index >= 15 is 0 Å². The normalized spacial score (nSPS) is 17.9. The van der Waals surface area contributed by atoms with Gasteiger partial charge in [0.15, 0.2) is 0 Å². The number of nitrogens with one attached hydrogen (secondary N) is 3. The minimum Gasteiger partial charge on any atom is -0.391 e. The zero-order valence-electron chi connectivity index (χ0n) is 21.9. The van der Waals surface area contributed by atoms with E-state index in [4.69, 9.17) is 5.41 Å². The maximum absolute atomic E-state index is 10.9. The Labute approximate surface area is 216 Å². The highest BCUT2D eigenvalue weighted by Crippen LogP contribution is 2.20. The van der Waals surface area contributed by atoms with Crippen LogP contribution in [0.5, 0.6) is 0 Å². The molecule has 2 unspecified atom stereocenters. The summed E-state index contributed by atoms with van der Waals surface area (Å²) in [6.45, 7) is 11.0. The summed E-state index contributed by atoms with van der Waals surface area (Å²) >= 11 is 0. The van der Waals surface area contributed by atoms with Gasteiger partial charge >= 0.3 is 0 Å². The highest BCUT2D eigenvalue weighted by atomic mass is 16.3. The lowest BCUT2D eigenvalue weighted by Crippen LogP contribution is -2.31. The van der Waals surface area contributed by atoms with Crippen LogP contribution in [-0.4, -0.2) is 48.7 Å². The van der Waals surface area contributed by atoms with E-state index in [9.17, 15) is 9.90 Å². The summed E-state index contributed by atoms with van der Waals surface area (Å²) in [6, 6.07) is 0. The van der Waals surface area contributed by atoms with Crippen molar-refractivity contribution in [3.05, 3.63) is 96.3 Å². The molecule has 0 aromatic carbocycles. The molecule has 0 aromatic heterocycles. The van der Waals surface area contributed by atoms with E-state index in [1.165, 1.54) is 18.1 Å². The number of carbonyl (C=O) groups is 1. The molecule has 4 N–H and O–H groups in total. The molecule has 0 saturated heterocycles. The van der Waals surface area contributed by atoms with Gasteiger partial charge in [-0.05, 0) is 23.6 Å². The number of hydrogen-bond acceptors (Lipinski definition) is 5. The molecule has 36 heavy (non-hydrogen) atoms. The molecular formula is C30H42N4O2. The smallest absolute Gasteiger partial charge is 0.216 e. The lowest BCUT2D eigenvalue weighted by atomic mass is 9.96. The first-order valence-electron chi connectivity index (χ1n) is 12.6. The number of amides is 1. The number of carbonyl (C=O) groups excluding carboxylic acids is 1. The van der Waals surface area contributed by atoms with E-state index < -0.39 is 6.10 Å². The quantitative estimate of drug-likeness (QED) is 0.212. The van der Waals surface area contributed by atoms with Crippen molar-refractivity contribution >= 4 is 17.8 Å². The predicted octanol–water partition coefficient (Wildman–Crippen LogP) is 5.15. The van der Waals surface area contributed by atoms with Crippen LogP contribution in [0, 0.1) is 11.3 Å². The summed E-state index contributed by atoms with van der Waals surface area (Å²) in [5.41, 5.74) is 4.00. The second kappa shape index (κ2) is 18.9. The van der Waals surface area contributed by atoms with Gasteiger partial charge in [0.2, 0.25) is 5.91 Å². The second-order valence-electron chi connectivity index (χ2n) is 8.23. The Bertz CT molecular complexity index is 961.